The lowest BCUT2D eigenvalue weighted by Crippen LogP contribution is -2.35. The molecule has 0 atom stereocenters. The van der Waals surface area contributed by atoms with Crippen LogP contribution in [0.4, 0.5) is 5.82 Å². The first kappa shape index (κ1) is 13.6. The number of hydrogen-bond acceptors (Lipinski definition) is 4. The quantitative estimate of drug-likeness (QED) is 0.814. The van der Waals surface area contributed by atoms with Crippen molar-refractivity contribution < 1.29 is 4.74 Å². The lowest BCUT2D eigenvalue weighted by molar-refractivity contribution is 0.139. The van der Waals surface area contributed by atoms with Gasteiger partial charge >= 0.3 is 0 Å². The number of ether oxygens (including phenoxy) is 1. The molecule has 2 heterocycles. The van der Waals surface area contributed by atoms with Crippen molar-refractivity contribution >= 4 is 28.3 Å². The van der Waals surface area contributed by atoms with Gasteiger partial charge in [-0.25, -0.2) is 4.98 Å². The summed E-state index contributed by atoms with van der Waals surface area (Å²) in [5.41, 5.74) is 0.904. The number of nitrogens with zero attached hydrogens (tertiary/aromatic N) is 3. The molecule has 2 aromatic rings. The number of benzene rings is 1. The van der Waals surface area contributed by atoms with Crippen molar-refractivity contribution in [2.24, 2.45) is 5.92 Å². The van der Waals surface area contributed by atoms with Gasteiger partial charge in [0.15, 0.2) is 0 Å². The fraction of sp³-hybridized carbons (Fsp3) is 0.467. The van der Waals surface area contributed by atoms with Crippen LogP contribution in [0.5, 0.6) is 0 Å². The van der Waals surface area contributed by atoms with Crippen LogP contribution in [0.2, 0.25) is 5.28 Å². The highest BCUT2D eigenvalue weighted by Gasteiger charge is 2.22. The molecule has 1 saturated heterocycles. The number of methoxy groups -OCH3 is 1. The summed E-state index contributed by atoms with van der Waals surface area (Å²) in [4.78, 5) is 11.0. The molecule has 0 unspecified atom stereocenters. The second-order valence-electron chi connectivity index (χ2n) is 5.22. The Morgan fingerprint density at radius 1 is 1.25 bits per heavy atom. The summed E-state index contributed by atoms with van der Waals surface area (Å²) in [6.45, 7) is 2.83. The topological polar surface area (TPSA) is 38.2 Å². The average molecular weight is 292 g/mol. The van der Waals surface area contributed by atoms with Crippen LogP contribution in [0.1, 0.15) is 12.8 Å². The molecule has 0 amide bonds. The zero-order valence-electron chi connectivity index (χ0n) is 11.6. The Labute approximate surface area is 123 Å². The van der Waals surface area contributed by atoms with Gasteiger partial charge in [0.25, 0.3) is 0 Å². The zero-order chi connectivity index (χ0) is 13.9. The van der Waals surface area contributed by atoms with E-state index in [2.05, 4.69) is 20.9 Å². The minimum Gasteiger partial charge on any atom is -0.384 e. The highest BCUT2D eigenvalue weighted by molar-refractivity contribution is 6.28. The monoisotopic (exact) mass is 291 g/mol. The second-order valence-corrected chi connectivity index (χ2v) is 5.56. The van der Waals surface area contributed by atoms with Gasteiger partial charge in [0.2, 0.25) is 5.28 Å². The first-order valence-corrected chi connectivity index (χ1v) is 7.32. The number of anilines is 1. The van der Waals surface area contributed by atoms with Crippen LogP contribution in [0.15, 0.2) is 24.3 Å². The molecule has 20 heavy (non-hydrogen) atoms. The van der Waals surface area contributed by atoms with Crippen LogP contribution < -0.4 is 4.90 Å². The summed E-state index contributed by atoms with van der Waals surface area (Å²) in [6, 6.07) is 8.02. The van der Waals surface area contributed by atoms with E-state index in [1.54, 1.807) is 7.11 Å². The molecule has 0 aliphatic carbocycles. The van der Waals surface area contributed by atoms with Crippen molar-refractivity contribution in [1.29, 1.82) is 0 Å². The van der Waals surface area contributed by atoms with E-state index in [0.29, 0.717) is 11.2 Å². The molecule has 0 spiro atoms. The molecule has 0 radical (unpaired) electrons. The normalized spacial score (nSPS) is 16.8. The molecular weight excluding hydrogens is 274 g/mol. The summed E-state index contributed by atoms with van der Waals surface area (Å²) in [5, 5.41) is 1.39. The summed E-state index contributed by atoms with van der Waals surface area (Å²) in [6.07, 6.45) is 2.26. The maximum atomic E-state index is 6.05. The maximum Gasteiger partial charge on any atom is 0.224 e. The zero-order valence-corrected chi connectivity index (χ0v) is 12.3. The van der Waals surface area contributed by atoms with Gasteiger partial charge in [-0.3, -0.25) is 0 Å². The first-order valence-electron chi connectivity index (χ1n) is 6.94. The van der Waals surface area contributed by atoms with Crippen molar-refractivity contribution in [1.82, 2.24) is 9.97 Å². The molecule has 1 fully saturated rings. The van der Waals surface area contributed by atoms with Crippen molar-refractivity contribution in [2.75, 3.05) is 31.7 Å². The number of fused-ring (bicyclic) bond motifs is 1. The van der Waals surface area contributed by atoms with Crippen molar-refractivity contribution in [3.63, 3.8) is 0 Å². The summed E-state index contributed by atoms with van der Waals surface area (Å²) >= 11 is 6.05. The van der Waals surface area contributed by atoms with Gasteiger partial charge < -0.3 is 9.64 Å². The number of aromatic nitrogens is 2. The Bertz CT molecular complexity index is 597. The largest absolute Gasteiger partial charge is 0.384 e. The summed E-state index contributed by atoms with van der Waals surface area (Å²) in [5.74, 6) is 1.61. The van der Waals surface area contributed by atoms with E-state index in [0.717, 1.165) is 49.3 Å². The minimum atomic E-state index is 0.317. The third kappa shape index (κ3) is 2.72. The van der Waals surface area contributed by atoms with Gasteiger partial charge in [-0.2, -0.15) is 4.98 Å². The molecular formula is C15H18ClN3O. The fourth-order valence-corrected chi connectivity index (χ4v) is 2.99. The molecule has 0 N–H and O–H groups in total. The van der Waals surface area contributed by atoms with E-state index in [1.807, 2.05) is 18.2 Å². The van der Waals surface area contributed by atoms with Crippen molar-refractivity contribution in [2.45, 2.75) is 12.8 Å². The number of rotatable bonds is 3. The van der Waals surface area contributed by atoms with Crippen LogP contribution in [0.3, 0.4) is 0 Å². The van der Waals surface area contributed by atoms with E-state index < -0.39 is 0 Å². The Balaban J connectivity index is 1.87. The van der Waals surface area contributed by atoms with Gasteiger partial charge in [0.05, 0.1) is 5.52 Å². The molecule has 4 nitrogen and oxygen atoms in total. The predicted octanol–water partition coefficient (Wildman–Crippen LogP) is 3.15. The molecule has 1 aliphatic rings. The Morgan fingerprint density at radius 2 is 2.00 bits per heavy atom. The maximum absolute atomic E-state index is 6.05. The van der Waals surface area contributed by atoms with Gasteiger partial charge in [0.1, 0.15) is 5.82 Å². The number of halogens is 1. The molecule has 0 bridgehead atoms. The third-order valence-electron chi connectivity index (χ3n) is 3.87. The second kappa shape index (κ2) is 5.94. The van der Waals surface area contributed by atoms with E-state index in [9.17, 15) is 0 Å². The highest BCUT2D eigenvalue weighted by atomic mass is 35.5. The van der Waals surface area contributed by atoms with Gasteiger partial charge in [-0.15, -0.1) is 0 Å². The molecule has 1 aromatic carbocycles. The van der Waals surface area contributed by atoms with E-state index in [-0.39, 0.29) is 0 Å². The molecule has 5 heteroatoms. The first-order chi connectivity index (χ1) is 9.78. The Morgan fingerprint density at radius 3 is 2.75 bits per heavy atom. The van der Waals surface area contributed by atoms with E-state index in [4.69, 9.17) is 16.3 Å². The average Bonchev–Trinajstić information content (AvgIpc) is 2.47. The Hall–Kier alpha value is -1.39. The van der Waals surface area contributed by atoms with Crippen LogP contribution >= 0.6 is 11.6 Å². The number of piperidine rings is 1. The lowest BCUT2D eigenvalue weighted by Gasteiger charge is -2.33. The molecule has 0 saturated carbocycles. The van der Waals surface area contributed by atoms with Gasteiger partial charge in [-0.1, -0.05) is 12.1 Å². The van der Waals surface area contributed by atoms with Crippen LogP contribution in [0.25, 0.3) is 10.9 Å². The standard InChI is InChI=1S/C15H18ClN3O/c1-20-10-11-6-8-19(9-7-11)14-12-4-2-3-5-13(12)17-15(16)18-14/h2-5,11H,6-10H2,1H3. The summed E-state index contributed by atoms with van der Waals surface area (Å²) in [7, 11) is 1.77. The van der Waals surface area contributed by atoms with E-state index in [1.165, 1.54) is 0 Å². The molecule has 106 valence electrons. The molecule has 3 rings (SSSR count). The summed E-state index contributed by atoms with van der Waals surface area (Å²) < 4.78 is 5.25. The minimum absolute atomic E-state index is 0.317. The van der Waals surface area contributed by atoms with Gasteiger partial charge in [-0.05, 0) is 42.5 Å². The van der Waals surface area contributed by atoms with Crippen molar-refractivity contribution in [3.05, 3.63) is 29.5 Å². The van der Waals surface area contributed by atoms with Gasteiger partial charge in [0, 0.05) is 32.2 Å². The number of para-hydroxylation sites is 1. The van der Waals surface area contributed by atoms with Crippen LogP contribution in [-0.2, 0) is 4.74 Å². The predicted molar refractivity (Wildman–Crippen MR) is 81.4 cm³/mol. The van der Waals surface area contributed by atoms with Crippen molar-refractivity contribution in [3.8, 4) is 0 Å². The Kier molecular flexibility index (Phi) is 4.03. The molecule has 1 aliphatic heterocycles. The number of hydrogen-bond donors (Lipinski definition) is 0. The van der Waals surface area contributed by atoms with Crippen LogP contribution in [-0.4, -0.2) is 36.8 Å². The fourth-order valence-electron chi connectivity index (χ4n) is 2.82. The highest BCUT2D eigenvalue weighted by Crippen LogP contribution is 2.28. The van der Waals surface area contributed by atoms with Crippen LogP contribution in [0, 0.1) is 5.92 Å². The lowest BCUT2D eigenvalue weighted by atomic mass is 9.97. The smallest absolute Gasteiger partial charge is 0.224 e. The van der Waals surface area contributed by atoms with E-state index >= 15 is 0 Å². The third-order valence-corrected chi connectivity index (χ3v) is 4.04. The molecule has 1 aromatic heterocycles. The SMILES string of the molecule is COCC1CCN(c2nc(Cl)nc3ccccc23)CC1.